The Bertz CT molecular complexity index is 389. The fraction of sp³-hybridized carbons (Fsp3) is 0.867. The Morgan fingerprint density at radius 1 is 1.16 bits per heavy atom. The second-order valence-corrected chi connectivity index (χ2v) is 6.35. The van der Waals surface area contributed by atoms with Crippen LogP contribution in [0.1, 0.15) is 63.6 Å². The lowest BCUT2D eigenvalue weighted by Gasteiger charge is -2.27. The summed E-state index contributed by atoms with van der Waals surface area (Å²) in [6.07, 6.45) is 11.6. The standard InChI is InChI=1S/C15H26N4/c1-2-12-5-7-15(8-6-12)19-11-14(17-18-19)10-16-9-13-3-4-13/h11-13,15-16H,2-10H2,1H3. The molecule has 106 valence electrons. The molecule has 0 aromatic carbocycles. The second kappa shape index (κ2) is 6.04. The van der Waals surface area contributed by atoms with E-state index in [0.29, 0.717) is 6.04 Å². The topological polar surface area (TPSA) is 42.7 Å². The number of aromatic nitrogens is 3. The van der Waals surface area contributed by atoms with Crippen molar-refractivity contribution in [1.29, 1.82) is 0 Å². The maximum absolute atomic E-state index is 4.33. The van der Waals surface area contributed by atoms with Crippen molar-refractivity contribution in [2.24, 2.45) is 11.8 Å². The summed E-state index contributed by atoms with van der Waals surface area (Å²) in [6, 6.07) is 0.590. The SMILES string of the molecule is CCC1CCC(n2cc(CNCC3CC3)nn2)CC1. The van der Waals surface area contributed by atoms with Crippen LogP contribution in [0.5, 0.6) is 0 Å². The van der Waals surface area contributed by atoms with Gasteiger partial charge < -0.3 is 5.32 Å². The van der Waals surface area contributed by atoms with Crippen molar-refractivity contribution < 1.29 is 0 Å². The van der Waals surface area contributed by atoms with Crippen LogP contribution >= 0.6 is 0 Å². The van der Waals surface area contributed by atoms with Crippen LogP contribution < -0.4 is 5.32 Å². The van der Waals surface area contributed by atoms with Crippen LogP contribution in [0.15, 0.2) is 6.20 Å². The van der Waals surface area contributed by atoms with Gasteiger partial charge in [0.05, 0.1) is 17.9 Å². The summed E-state index contributed by atoms with van der Waals surface area (Å²) < 4.78 is 2.11. The van der Waals surface area contributed by atoms with Crippen LogP contribution in [0.3, 0.4) is 0 Å². The van der Waals surface area contributed by atoms with Gasteiger partial charge in [-0.3, -0.25) is 0 Å². The molecule has 0 spiro atoms. The van der Waals surface area contributed by atoms with Crippen LogP contribution in [-0.2, 0) is 6.54 Å². The molecule has 0 saturated heterocycles. The molecule has 0 aliphatic heterocycles. The van der Waals surface area contributed by atoms with Crippen LogP contribution in [-0.4, -0.2) is 21.5 Å². The molecule has 1 aromatic rings. The summed E-state index contributed by atoms with van der Waals surface area (Å²) in [6.45, 7) is 4.33. The van der Waals surface area contributed by atoms with Gasteiger partial charge in [-0.15, -0.1) is 5.10 Å². The van der Waals surface area contributed by atoms with E-state index in [4.69, 9.17) is 0 Å². The highest BCUT2D eigenvalue weighted by Crippen LogP contribution is 2.33. The van der Waals surface area contributed by atoms with Gasteiger partial charge in [0.15, 0.2) is 0 Å². The van der Waals surface area contributed by atoms with Gasteiger partial charge in [0, 0.05) is 6.54 Å². The van der Waals surface area contributed by atoms with Crippen molar-refractivity contribution in [3.05, 3.63) is 11.9 Å². The van der Waals surface area contributed by atoms with Gasteiger partial charge in [0.2, 0.25) is 0 Å². The largest absolute Gasteiger partial charge is 0.311 e. The molecule has 0 unspecified atom stereocenters. The van der Waals surface area contributed by atoms with Crippen molar-refractivity contribution in [3.63, 3.8) is 0 Å². The van der Waals surface area contributed by atoms with Crippen molar-refractivity contribution in [1.82, 2.24) is 20.3 Å². The molecule has 0 atom stereocenters. The molecule has 1 aromatic heterocycles. The molecule has 1 heterocycles. The van der Waals surface area contributed by atoms with Gasteiger partial charge >= 0.3 is 0 Å². The van der Waals surface area contributed by atoms with E-state index in [0.717, 1.165) is 30.6 Å². The Kier molecular flexibility index (Phi) is 4.16. The Labute approximate surface area is 116 Å². The summed E-state index contributed by atoms with van der Waals surface area (Å²) in [5.74, 6) is 1.87. The molecule has 2 fully saturated rings. The van der Waals surface area contributed by atoms with Crippen molar-refractivity contribution in [2.45, 2.75) is 64.5 Å². The smallest absolute Gasteiger partial charge is 0.0964 e. The molecule has 2 aliphatic carbocycles. The molecular weight excluding hydrogens is 236 g/mol. The number of rotatable bonds is 6. The van der Waals surface area contributed by atoms with E-state index in [9.17, 15) is 0 Å². The minimum Gasteiger partial charge on any atom is -0.311 e. The third-order valence-electron chi connectivity index (χ3n) is 4.76. The van der Waals surface area contributed by atoms with E-state index >= 15 is 0 Å². The highest BCUT2D eigenvalue weighted by molar-refractivity contribution is 4.94. The first kappa shape index (κ1) is 13.1. The maximum Gasteiger partial charge on any atom is 0.0964 e. The van der Waals surface area contributed by atoms with E-state index in [2.05, 4.69) is 33.4 Å². The zero-order valence-electron chi connectivity index (χ0n) is 12.0. The first-order valence-corrected chi connectivity index (χ1v) is 7.96. The zero-order valence-corrected chi connectivity index (χ0v) is 12.0. The highest BCUT2D eigenvalue weighted by Gasteiger charge is 2.23. The lowest BCUT2D eigenvalue weighted by molar-refractivity contribution is 0.253. The molecule has 0 amide bonds. The average Bonchev–Trinajstić information content (AvgIpc) is 3.15. The lowest BCUT2D eigenvalue weighted by atomic mass is 9.85. The normalized spacial score (nSPS) is 27.6. The predicted molar refractivity (Wildman–Crippen MR) is 75.7 cm³/mol. The van der Waals surface area contributed by atoms with Gasteiger partial charge in [-0.1, -0.05) is 18.6 Å². The van der Waals surface area contributed by atoms with Gasteiger partial charge in [-0.05, 0) is 56.9 Å². The Morgan fingerprint density at radius 3 is 2.58 bits per heavy atom. The van der Waals surface area contributed by atoms with Crippen molar-refractivity contribution in [2.75, 3.05) is 6.54 Å². The number of hydrogen-bond donors (Lipinski definition) is 1. The molecule has 19 heavy (non-hydrogen) atoms. The maximum atomic E-state index is 4.33. The number of hydrogen-bond acceptors (Lipinski definition) is 3. The molecular formula is C15H26N4. The quantitative estimate of drug-likeness (QED) is 0.857. The number of nitrogens with one attached hydrogen (secondary N) is 1. The van der Waals surface area contributed by atoms with Crippen LogP contribution in [0.25, 0.3) is 0 Å². The number of nitrogens with zero attached hydrogens (tertiary/aromatic N) is 3. The van der Waals surface area contributed by atoms with E-state index in [1.54, 1.807) is 0 Å². The van der Waals surface area contributed by atoms with E-state index in [1.807, 2.05) is 0 Å². The predicted octanol–water partition coefficient (Wildman–Crippen LogP) is 2.92. The minimum atomic E-state index is 0.590. The summed E-state index contributed by atoms with van der Waals surface area (Å²) in [7, 11) is 0. The summed E-state index contributed by atoms with van der Waals surface area (Å²) in [4.78, 5) is 0. The fourth-order valence-corrected chi connectivity index (χ4v) is 3.12. The first-order chi connectivity index (χ1) is 9.35. The molecule has 2 saturated carbocycles. The summed E-state index contributed by atoms with van der Waals surface area (Å²) >= 11 is 0. The molecule has 4 nitrogen and oxygen atoms in total. The van der Waals surface area contributed by atoms with Crippen LogP contribution in [0.4, 0.5) is 0 Å². The van der Waals surface area contributed by atoms with Crippen molar-refractivity contribution in [3.8, 4) is 0 Å². The molecule has 0 radical (unpaired) electrons. The Balaban J connectivity index is 1.46. The summed E-state index contributed by atoms with van der Waals surface area (Å²) in [5.41, 5.74) is 1.10. The van der Waals surface area contributed by atoms with Gasteiger partial charge in [0.1, 0.15) is 0 Å². The molecule has 1 N–H and O–H groups in total. The zero-order chi connectivity index (χ0) is 13.1. The van der Waals surface area contributed by atoms with Crippen LogP contribution in [0, 0.1) is 11.8 Å². The monoisotopic (exact) mass is 262 g/mol. The van der Waals surface area contributed by atoms with Gasteiger partial charge in [-0.2, -0.15) is 0 Å². The van der Waals surface area contributed by atoms with Crippen LogP contribution in [0.2, 0.25) is 0 Å². The highest BCUT2D eigenvalue weighted by atomic mass is 15.4. The van der Waals surface area contributed by atoms with E-state index < -0.39 is 0 Å². The first-order valence-electron chi connectivity index (χ1n) is 7.96. The minimum absolute atomic E-state index is 0.590. The molecule has 4 heteroatoms. The molecule has 0 bridgehead atoms. The summed E-state index contributed by atoms with van der Waals surface area (Å²) in [5, 5.41) is 12.1. The lowest BCUT2D eigenvalue weighted by Crippen LogP contribution is -2.18. The Hall–Kier alpha value is -0.900. The molecule has 3 rings (SSSR count). The third kappa shape index (κ3) is 3.56. The Morgan fingerprint density at radius 2 is 1.89 bits per heavy atom. The van der Waals surface area contributed by atoms with Crippen molar-refractivity contribution >= 4 is 0 Å². The fourth-order valence-electron chi connectivity index (χ4n) is 3.12. The van der Waals surface area contributed by atoms with E-state index in [-0.39, 0.29) is 0 Å². The van der Waals surface area contributed by atoms with E-state index in [1.165, 1.54) is 44.9 Å². The van der Waals surface area contributed by atoms with Gasteiger partial charge in [0.25, 0.3) is 0 Å². The molecule has 2 aliphatic rings. The second-order valence-electron chi connectivity index (χ2n) is 6.35. The van der Waals surface area contributed by atoms with Gasteiger partial charge in [-0.25, -0.2) is 4.68 Å². The third-order valence-corrected chi connectivity index (χ3v) is 4.76. The average molecular weight is 262 g/mol.